The van der Waals surface area contributed by atoms with Gasteiger partial charge < -0.3 is 19.7 Å². The Labute approximate surface area is 105 Å². The van der Waals surface area contributed by atoms with Crippen LogP contribution < -0.4 is 0 Å². The van der Waals surface area contributed by atoms with Gasteiger partial charge >= 0.3 is 17.9 Å². The van der Waals surface area contributed by atoms with Gasteiger partial charge in [0.2, 0.25) is 0 Å². The summed E-state index contributed by atoms with van der Waals surface area (Å²) >= 11 is 0. The number of carbonyl (C=O) groups is 2. The lowest BCUT2D eigenvalue weighted by molar-refractivity contribution is -0.382. The Morgan fingerprint density at radius 1 is 1.17 bits per heavy atom. The van der Waals surface area contributed by atoms with E-state index in [0.29, 0.717) is 0 Å². The fraction of sp³-hybridized carbons (Fsp3) is 0.667. The molecule has 0 saturated heterocycles. The van der Waals surface area contributed by atoms with Gasteiger partial charge in [0.05, 0.1) is 11.5 Å². The Bertz CT molecular complexity index is 362. The molecule has 0 aromatic rings. The molecule has 1 atom stereocenters. The molecule has 6 nitrogen and oxygen atoms in total. The molecule has 18 heavy (non-hydrogen) atoms. The van der Waals surface area contributed by atoms with Crippen LogP contribution in [0.2, 0.25) is 0 Å². The van der Waals surface area contributed by atoms with Gasteiger partial charge in [0.25, 0.3) is 0 Å². The van der Waals surface area contributed by atoms with Gasteiger partial charge in [-0.25, -0.2) is 9.59 Å². The molecule has 0 aromatic heterocycles. The van der Waals surface area contributed by atoms with Gasteiger partial charge in [-0.2, -0.15) is 0 Å². The number of ether oxygens (including phenoxy) is 2. The number of rotatable bonds is 3. The van der Waals surface area contributed by atoms with Crippen LogP contribution in [-0.2, 0) is 19.1 Å². The summed E-state index contributed by atoms with van der Waals surface area (Å²) in [5.74, 6) is -4.55. The molecule has 1 aliphatic rings. The third-order valence-corrected chi connectivity index (χ3v) is 3.02. The van der Waals surface area contributed by atoms with Crippen molar-refractivity contribution in [2.24, 2.45) is 11.3 Å². The highest BCUT2D eigenvalue weighted by Gasteiger charge is 2.56. The van der Waals surface area contributed by atoms with Crippen molar-refractivity contribution in [1.82, 2.24) is 0 Å². The number of cyclic esters (lactones) is 2. The summed E-state index contributed by atoms with van der Waals surface area (Å²) in [6.07, 6.45) is 0.678. The van der Waals surface area contributed by atoms with E-state index in [-0.39, 0.29) is 5.92 Å². The largest absolute Gasteiger partial charge is 0.394 e. The van der Waals surface area contributed by atoms with Crippen LogP contribution in [0.4, 0.5) is 0 Å². The Morgan fingerprint density at radius 3 is 1.89 bits per heavy atom. The standard InChI is InChI=1S/C12H18O6/c1-7(2)10(15)11(3,4)12(16)17-8(13)5-6-9(14)18-12/h5-7,10,15-16H,1-4H3. The lowest BCUT2D eigenvalue weighted by Gasteiger charge is -2.42. The van der Waals surface area contributed by atoms with E-state index >= 15 is 0 Å². The van der Waals surface area contributed by atoms with Gasteiger partial charge in [-0.15, -0.1) is 0 Å². The monoisotopic (exact) mass is 258 g/mol. The highest BCUT2D eigenvalue weighted by atomic mass is 16.8. The van der Waals surface area contributed by atoms with Gasteiger partial charge in [-0.05, 0) is 19.8 Å². The predicted octanol–water partition coefficient (Wildman–Crippen LogP) is 0.332. The Hall–Kier alpha value is -1.40. The summed E-state index contributed by atoms with van der Waals surface area (Å²) in [4.78, 5) is 22.6. The second kappa shape index (κ2) is 4.70. The number of esters is 2. The first-order valence-electron chi connectivity index (χ1n) is 5.64. The zero-order valence-corrected chi connectivity index (χ0v) is 10.8. The van der Waals surface area contributed by atoms with E-state index in [1.807, 2.05) is 0 Å². The lowest BCUT2D eigenvalue weighted by atomic mass is 9.78. The minimum absolute atomic E-state index is 0.224. The van der Waals surface area contributed by atoms with E-state index in [4.69, 9.17) is 9.47 Å². The molecule has 0 fully saturated rings. The van der Waals surface area contributed by atoms with Gasteiger partial charge in [0.15, 0.2) is 0 Å². The molecule has 102 valence electrons. The third-order valence-electron chi connectivity index (χ3n) is 3.02. The van der Waals surface area contributed by atoms with Crippen molar-refractivity contribution in [3.63, 3.8) is 0 Å². The molecule has 0 aliphatic carbocycles. The summed E-state index contributed by atoms with van der Waals surface area (Å²) < 4.78 is 9.46. The molecule has 1 unspecified atom stereocenters. The quantitative estimate of drug-likeness (QED) is 0.709. The average molecular weight is 258 g/mol. The second-order valence-electron chi connectivity index (χ2n) is 5.17. The summed E-state index contributed by atoms with van der Waals surface area (Å²) in [5, 5.41) is 20.3. The minimum Gasteiger partial charge on any atom is -0.394 e. The molecule has 1 heterocycles. The first-order valence-corrected chi connectivity index (χ1v) is 5.64. The fourth-order valence-corrected chi connectivity index (χ4v) is 1.78. The van der Waals surface area contributed by atoms with E-state index in [2.05, 4.69) is 0 Å². The zero-order valence-electron chi connectivity index (χ0n) is 10.8. The third kappa shape index (κ3) is 2.54. The Morgan fingerprint density at radius 2 is 1.56 bits per heavy atom. The summed E-state index contributed by atoms with van der Waals surface area (Å²) in [5.41, 5.74) is -1.38. The van der Waals surface area contributed by atoms with E-state index in [0.717, 1.165) is 12.2 Å². The van der Waals surface area contributed by atoms with Crippen LogP contribution in [0.25, 0.3) is 0 Å². The van der Waals surface area contributed by atoms with Crippen molar-refractivity contribution in [2.75, 3.05) is 0 Å². The minimum atomic E-state index is -2.51. The number of aliphatic hydroxyl groups is 2. The summed E-state index contributed by atoms with van der Waals surface area (Å²) in [7, 11) is 0. The highest BCUT2D eigenvalue weighted by Crippen LogP contribution is 2.40. The molecule has 1 aliphatic heterocycles. The van der Waals surface area contributed by atoms with Gasteiger partial charge in [0.1, 0.15) is 0 Å². The van der Waals surface area contributed by atoms with Crippen molar-refractivity contribution in [3.8, 4) is 0 Å². The zero-order chi connectivity index (χ0) is 14.1. The van der Waals surface area contributed by atoms with E-state index < -0.39 is 29.4 Å². The van der Waals surface area contributed by atoms with Crippen molar-refractivity contribution in [2.45, 2.75) is 39.8 Å². The molecule has 6 heteroatoms. The number of aliphatic hydroxyl groups excluding tert-OH is 1. The van der Waals surface area contributed by atoms with Crippen molar-refractivity contribution < 1.29 is 29.3 Å². The Kier molecular flexibility index (Phi) is 3.83. The SMILES string of the molecule is CC(C)C(O)C(C)(C)C1(O)OC(=O)C=CC(=O)O1. The first kappa shape index (κ1) is 14.7. The molecule has 2 N–H and O–H groups in total. The van der Waals surface area contributed by atoms with E-state index in [9.17, 15) is 19.8 Å². The molecular weight excluding hydrogens is 240 g/mol. The highest BCUT2D eigenvalue weighted by molar-refractivity contribution is 5.93. The summed E-state index contributed by atoms with van der Waals surface area (Å²) in [6, 6.07) is 0. The molecule has 0 radical (unpaired) electrons. The fourth-order valence-electron chi connectivity index (χ4n) is 1.78. The van der Waals surface area contributed by atoms with Gasteiger partial charge in [-0.3, -0.25) is 0 Å². The Balaban J connectivity index is 3.11. The second-order valence-corrected chi connectivity index (χ2v) is 5.17. The van der Waals surface area contributed by atoms with Gasteiger partial charge in [-0.1, -0.05) is 13.8 Å². The summed E-state index contributed by atoms with van der Waals surface area (Å²) in [6.45, 7) is 6.36. The van der Waals surface area contributed by atoms with Crippen LogP contribution in [0.3, 0.4) is 0 Å². The number of hydrogen-bond donors (Lipinski definition) is 2. The van der Waals surface area contributed by atoms with Crippen molar-refractivity contribution in [3.05, 3.63) is 12.2 Å². The van der Waals surface area contributed by atoms with Crippen LogP contribution in [0, 0.1) is 11.3 Å². The number of carbonyl (C=O) groups excluding carboxylic acids is 2. The molecule has 0 saturated carbocycles. The van der Waals surface area contributed by atoms with Crippen LogP contribution in [0.5, 0.6) is 0 Å². The van der Waals surface area contributed by atoms with Crippen LogP contribution in [0.1, 0.15) is 27.7 Å². The van der Waals surface area contributed by atoms with Crippen molar-refractivity contribution >= 4 is 11.9 Å². The maximum absolute atomic E-state index is 11.3. The maximum atomic E-state index is 11.3. The topological polar surface area (TPSA) is 93.1 Å². The maximum Gasteiger partial charge on any atom is 0.381 e. The predicted molar refractivity (Wildman–Crippen MR) is 60.9 cm³/mol. The molecule has 0 aromatic carbocycles. The van der Waals surface area contributed by atoms with Gasteiger partial charge in [0, 0.05) is 12.2 Å². The number of hydrogen-bond acceptors (Lipinski definition) is 6. The molecule has 0 amide bonds. The van der Waals surface area contributed by atoms with E-state index in [1.54, 1.807) is 13.8 Å². The van der Waals surface area contributed by atoms with Crippen molar-refractivity contribution in [1.29, 1.82) is 0 Å². The molecule has 0 bridgehead atoms. The van der Waals surface area contributed by atoms with Crippen LogP contribution in [-0.4, -0.2) is 34.2 Å². The normalized spacial score (nSPS) is 21.3. The lowest BCUT2D eigenvalue weighted by Crippen LogP contribution is -2.57. The van der Waals surface area contributed by atoms with Crippen LogP contribution in [0.15, 0.2) is 12.2 Å². The average Bonchev–Trinajstić information content (AvgIpc) is 2.37. The van der Waals surface area contributed by atoms with E-state index in [1.165, 1.54) is 13.8 Å². The molecule has 1 rings (SSSR count). The smallest absolute Gasteiger partial charge is 0.381 e. The molecule has 0 spiro atoms. The van der Waals surface area contributed by atoms with Crippen LogP contribution >= 0.6 is 0 Å². The molecular formula is C12H18O6. The first-order chi connectivity index (χ1) is 8.10.